The number of ether oxygens (including phenoxy) is 2. The highest BCUT2D eigenvalue weighted by molar-refractivity contribution is 5.96. The van der Waals surface area contributed by atoms with E-state index in [0.717, 1.165) is 16.9 Å². The summed E-state index contributed by atoms with van der Waals surface area (Å²) in [4.78, 5) is 30.3. The molecule has 1 atom stereocenters. The van der Waals surface area contributed by atoms with Crippen LogP contribution in [0.4, 0.5) is 0 Å². The van der Waals surface area contributed by atoms with E-state index in [1.807, 2.05) is 24.3 Å². The fourth-order valence-electron chi connectivity index (χ4n) is 3.36. The smallest absolute Gasteiger partial charge is 0.313 e. The summed E-state index contributed by atoms with van der Waals surface area (Å²) in [6, 6.07) is 9.25. The van der Waals surface area contributed by atoms with Gasteiger partial charge in [0.25, 0.3) is 5.91 Å². The third-order valence-corrected chi connectivity index (χ3v) is 4.92. The number of carboxylic acid groups (broad SMARTS) is 1. The maximum atomic E-state index is 12.9. The minimum Gasteiger partial charge on any atom is -0.497 e. The van der Waals surface area contributed by atoms with E-state index in [4.69, 9.17) is 9.47 Å². The van der Waals surface area contributed by atoms with Crippen molar-refractivity contribution in [3.63, 3.8) is 0 Å². The van der Waals surface area contributed by atoms with Crippen LogP contribution in [0.5, 0.6) is 5.75 Å². The minimum absolute atomic E-state index is 0.0796. The van der Waals surface area contributed by atoms with Gasteiger partial charge in [0.2, 0.25) is 0 Å². The van der Waals surface area contributed by atoms with Crippen LogP contribution in [0.15, 0.2) is 42.7 Å². The predicted octanol–water partition coefficient (Wildman–Crippen LogP) is 2.32. The molecule has 1 aromatic carbocycles. The Morgan fingerprint density at radius 1 is 1.19 bits per heavy atom. The van der Waals surface area contributed by atoms with Crippen LogP contribution in [0.3, 0.4) is 0 Å². The largest absolute Gasteiger partial charge is 0.497 e. The van der Waals surface area contributed by atoms with Crippen LogP contribution in [0.2, 0.25) is 0 Å². The second kappa shape index (κ2) is 7.75. The highest BCUT2D eigenvalue weighted by atomic mass is 16.5. The Morgan fingerprint density at radius 3 is 2.56 bits per heavy atom. The van der Waals surface area contributed by atoms with Gasteiger partial charge in [-0.3, -0.25) is 14.6 Å². The number of carbonyl (C=O) groups is 2. The number of rotatable bonds is 6. The average molecular weight is 370 g/mol. The third kappa shape index (κ3) is 3.78. The number of aliphatic carboxylic acids is 1. The first kappa shape index (κ1) is 18.8. The summed E-state index contributed by atoms with van der Waals surface area (Å²) in [7, 11) is 3.07. The number of hydrogen-bond acceptors (Lipinski definition) is 5. The van der Waals surface area contributed by atoms with E-state index in [-0.39, 0.29) is 19.1 Å². The van der Waals surface area contributed by atoms with Crippen LogP contribution < -0.4 is 4.74 Å². The first-order chi connectivity index (χ1) is 13.0. The summed E-state index contributed by atoms with van der Waals surface area (Å²) in [5, 5.41) is 9.56. The molecule has 1 saturated heterocycles. The molecule has 0 bridgehead atoms. The Kier molecular flexibility index (Phi) is 5.41. The monoisotopic (exact) mass is 370 g/mol. The zero-order valence-corrected chi connectivity index (χ0v) is 15.3. The fraction of sp³-hybridized carbons (Fsp3) is 0.350. The molecule has 1 aliphatic heterocycles. The Balaban J connectivity index is 1.80. The number of nitrogens with zero attached hydrogens (tertiary/aromatic N) is 2. The van der Waals surface area contributed by atoms with Gasteiger partial charge in [0.1, 0.15) is 11.2 Å². The number of amides is 1. The zero-order valence-electron chi connectivity index (χ0n) is 15.3. The molecular formula is C20H22N2O5. The highest BCUT2D eigenvalue weighted by Gasteiger charge is 2.46. The van der Waals surface area contributed by atoms with Crippen molar-refractivity contribution in [1.29, 1.82) is 0 Å². The second-order valence-electron chi connectivity index (χ2n) is 6.69. The Bertz CT molecular complexity index is 837. The van der Waals surface area contributed by atoms with Gasteiger partial charge >= 0.3 is 5.97 Å². The molecule has 1 aliphatic rings. The normalized spacial score (nSPS) is 19.1. The summed E-state index contributed by atoms with van der Waals surface area (Å²) in [6.07, 6.45) is 3.56. The van der Waals surface area contributed by atoms with Crippen molar-refractivity contribution in [2.75, 3.05) is 33.9 Å². The Morgan fingerprint density at radius 2 is 1.93 bits per heavy atom. The molecule has 2 aromatic rings. The van der Waals surface area contributed by atoms with Crippen LogP contribution in [0.25, 0.3) is 11.1 Å². The molecule has 1 unspecified atom stereocenters. The van der Waals surface area contributed by atoms with Crippen LogP contribution in [0.1, 0.15) is 16.8 Å². The van der Waals surface area contributed by atoms with E-state index in [1.54, 1.807) is 24.3 Å². The molecule has 142 valence electrons. The van der Waals surface area contributed by atoms with Crippen molar-refractivity contribution in [3.8, 4) is 16.9 Å². The molecule has 7 nitrogen and oxygen atoms in total. The topological polar surface area (TPSA) is 89.0 Å². The lowest BCUT2D eigenvalue weighted by Gasteiger charge is -2.23. The lowest BCUT2D eigenvalue weighted by atomic mass is 9.88. The summed E-state index contributed by atoms with van der Waals surface area (Å²) in [6.45, 7) is 0.583. The quantitative estimate of drug-likeness (QED) is 0.839. The number of hydrogen-bond donors (Lipinski definition) is 1. The molecule has 0 aliphatic carbocycles. The second-order valence-corrected chi connectivity index (χ2v) is 6.69. The Labute approximate surface area is 157 Å². The molecule has 1 N–H and O–H groups in total. The summed E-state index contributed by atoms with van der Waals surface area (Å²) < 4.78 is 10.2. The van der Waals surface area contributed by atoms with Crippen LogP contribution in [-0.2, 0) is 9.53 Å². The molecule has 3 rings (SSSR count). The molecule has 7 heteroatoms. The van der Waals surface area contributed by atoms with Gasteiger partial charge in [0.05, 0.1) is 19.3 Å². The average Bonchev–Trinajstić information content (AvgIpc) is 3.13. The molecule has 1 amide bonds. The van der Waals surface area contributed by atoms with Gasteiger partial charge < -0.3 is 19.5 Å². The van der Waals surface area contributed by atoms with Gasteiger partial charge in [-0.1, -0.05) is 12.1 Å². The van der Waals surface area contributed by atoms with Crippen LogP contribution in [-0.4, -0.2) is 60.8 Å². The molecule has 2 heterocycles. The van der Waals surface area contributed by atoms with Gasteiger partial charge in [-0.2, -0.15) is 0 Å². The van der Waals surface area contributed by atoms with Crippen molar-refractivity contribution in [3.05, 3.63) is 48.3 Å². The number of aromatic nitrogens is 1. The third-order valence-electron chi connectivity index (χ3n) is 4.92. The number of methoxy groups -OCH3 is 2. The van der Waals surface area contributed by atoms with Gasteiger partial charge in [-0.15, -0.1) is 0 Å². The number of pyridine rings is 1. The van der Waals surface area contributed by atoms with Crippen LogP contribution in [0, 0.1) is 5.41 Å². The molecule has 0 saturated carbocycles. The molecule has 0 radical (unpaired) electrons. The molecular weight excluding hydrogens is 348 g/mol. The van der Waals surface area contributed by atoms with Gasteiger partial charge in [0, 0.05) is 38.2 Å². The first-order valence-electron chi connectivity index (χ1n) is 8.60. The van der Waals surface area contributed by atoms with Crippen molar-refractivity contribution >= 4 is 11.9 Å². The maximum absolute atomic E-state index is 12.9. The number of likely N-dealkylation sites (tertiary alicyclic amines) is 1. The standard InChI is InChI=1S/C20H22N2O5/c1-26-13-20(19(24)25)7-8-22(12-20)18(23)16-9-15(10-21-11-16)14-3-5-17(27-2)6-4-14/h3-6,9-11H,7-8,12-13H2,1-2H3,(H,24,25). The van der Waals surface area contributed by atoms with Gasteiger partial charge in [0.15, 0.2) is 0 Å². The summed E-state index contributed by atoms with van der Waals surface area (Å²) in [5.74, 6) is -0.416. The van der Waals surface area contributed by atoms with Crippen molar-refractivity contribution < 1.29 is 24.2 Å². The van der Waals surface area contributed by atoms with E-state index in [9.17, 15) is 14.7 Å². The molecule has 1 fully saturated rings. The predicted molar refractivity (Wildman–Crippen MR) is 98.7 cm³/mol. The fourth-order valence-corrected chi connectivity index (χ4v) is 3.36. The maximum Gasteiger partial charge on any atom is 0.313 e. The number of benzene rings is 1. The molecule has 1 aromatic heterocycles. The lowest BCUT2D eigenvalue weighted by Crippen LogP contribution is -2.40. The van der Waals surface area contributed by atoms with Crippen molar-refractivity contribution in [1.82, 2.24) is 9.88 Å². The van der Waals surface area contributed by atoms with E-state index in [0.29, 0.717) is 18.5 Å². The van der Waals surface area contributed by atoms with Gasteiger partial charge in [-0.25, -0.2) is 0 Å². The van der Waals surface area contributed by atoms with E-state index < -0.39 is 11.4 Å². The van der Waals surface area contributed by atoms with Gasteiger partial charge in [-0.05, 0) is 30.2 Å². The van der Waals surface area contributed by atoms with E-state index in [2.05, 4.69) is 4.98 Å². The van der Waals surface area contributed by atoms with Crippen LogP contribution >= 0.6 is 0 Å². The molecule has 27 heavy (non-hydrogen) atoms. The number of carboxylic acids is 1. The van der Waals surface area contributed by atoms with E-state index in [1.165, 1.54) is 13.3 Å². The summed E-state index contributed by atoms with van der Waals surface area (Å²) in [5.41, 5.74) is 1.11. The lowest BCUT2D eigenvalue weighted by molar-refractivity contribution is -0.151. The number of carbonyl (C=O) groups excluding carboxylic acids is 1. The zero-order chi connectivity index (χ0) is 19.4. The first-order valence-corrected chi connectivity index (χ1v) is 8.60. The molecule has 0 spiro atoms. The van der Waals surface area contributed by atoms with Crippen molar-refractivity contribution in [2.24, 2.45) is 5.41 Å². The summed E-state index contributed by atoms with van der Waals surface area (Å²) >= 11 is 0. The van der Waals surface area contributed by atoms with E-state index >= 15 is 0 Å². The Hall–Kier alpha value is -2.93. The minimum atomic E-state index is -1.05. The highest BCUT2D eigenvalue weighted by Crippen LogP contribution is 2.32. The van der Waals surface area contributed by atoms with Crippen molar-refractivity contribution in [2.45, 2.75) is 6.42 Å². The SMILES string of the molecule is COCC1(C(=O)O)CCN(C(=O)c2cncc(-c3ccc(OC)cc3)c2)C1.